The van der Waals surface area contributed by atoms with Crippen molar-refractivity contribution >= 4 is 29.0 Å². The topological polar surface area (TPSA) is 50.4 Å². The Morgan fingerprint density at radius 2 is 2.00 bits per heavy atom. The maximum atomic E-state index is 13.1. The highest BCUT2D eigenvalue weighted by atomic mass is 32.1. The molecule has 0 aromatic heterocycles. The molecule has 1 aliphatic rings. The van der Waals surface area contributed by atoms with Gasteiger partial charge in [0, 0.05) is 0 Å². The van der Waals surface area contributed by atoms with Crippen LogP contribution in [0, 0.1) is 11.7 Å². The fourth-order valence-corrected chi connectivity index (χ4v) is 2.71. The van der Waals surface area contributed by atoms with Gasteiger partial charge in [0.05, 0.1) is 24.4 Å². The Labute approximate surface area is 134 Å². The molecule has 1 aromatic rings. The Morgan fingerprint density at radius 1 is 1.36 bits per heavy atom. The number of esters is 1. The van der Waals surface area contributed by atoms with E-state index in [0.29, 0.717) is 27.9 Å². The number of carbonyl (C=O) groups excluding carboxylic acids is 1. The standard InChI is InChI=1S/C16H19FN2O2S/c1-9(2)8-12-13(15(20)21-3)14(19-16(22)18-12)10-4-6-11(17)7-5-10/h4-7,9,12H,8H2,1-3H3,(H2,18,19,22). The van der Waals surface area contributed by atoms with Crippen LogP contribution in [0.5, 0.6) is 0 Å². The zero-order chi connectivity index (χ0) is 16.3. The summed E-state index contributed by atoms with van der Waals surface area (Å²) >= 11 is 5.23. The smallest absolute Gasteiger partial charge is 0.337 e. The summed E-state index contributed by atoms with van der Waals surface area (Å²) in [5, 5.41) is 6.55. The molecule has 0 saturated carbocycles. The van der Waals surface area contributed by atoms with Gasteiger partial charge in [-0.1, -0.05) is 13.8 Å². The van der Waals surface area contributed by atoms with Crippen LogP contribution in [0.15, 0.2) is 29.8 Å². The van der Waals surface area contributed by atoms with E-state index >= 15 is 0 Å². The minimum Gasteiger partial charge on any atom is -0.466 e. The molecular formula is C16H19FN2O2S. The van der Waals surface area contributed by atoms with Crippen molar-refractivity contribution in [3.8, 4) is 0 Å². The van der Waals surface area contributed by atoms with E-state index in [1.54, 1.807) is 12.1 Å². The molecule has 1 atom stereocenters. The summed E-state index contributed by atoms with van der Waals surface area (Å²) in [6, 6.07) is 5.69. The molecule has 118 valence electrons. The normalized spacial score (nSPS) is 18.0. The molecule has 22 heavy (non-hydrogen) atoms. The first-order valence-corrected chi connectivity index (χ1v) is 7.49. The first-order valence-electron chi connectivity index (χ1n) is 7.08. The van der Waals surface area contributed by atoms with Crippen molar-refractivity contribution in [2.24, 2.45) is 5.92 Å². The molecule has 2 rings (SSSR count). The van der Waals surface area contributed by atoms with Crippen LogP contribution in [0.4, 0.5) is 4.39 Å². The lowest BCUT2D eigenvalue weighted by molar-refractivity contribution is -0.136. The van der Waals surface area contributed by atoms with Crippen LogP contribution in [-0.4, -0.2) is 24.2 Å². The Morgan fingerprint density at radius 3 is 2.55 bits per heavy atom. The van der Waals surface area contributed by atoms with E-state index in [2.05, 4.69) is 24.5 Å². The zero-order valence-electron chi connectivity index (χ0n) is 12.8. The molecule has 1 aliphatic heterocycles. The molecule has 0 bridgehead atoms. The number of nitrogens with one attached hydrogen (secondary N) is 2. The maximum absolute atomic E-state index is 13.1. The van der Waals surface area contributed by atoms with E-state index in [4.69, 9.17) is 17.0 Å². The predicted octanol–water partition coefficient (Wildman–Crippen LogP) is 2.60. The number of rotatable bonds is 4. The Bertz CT molecular complexity index is 611. The van der Waals surface area contributed by atoms with E-state index in [0.717, 1.165) is 6.42 Å². The van der Waals surface area contributed by atoms with Crippen molar-refractivity contribution in [2.45, 2.75) is 26.3 Å². The van der Waals surface area contributed by atoms with Gasteiger partial charge in [0.2, 0.25) is 0 Å². The summed E-state index contributed by atoms with van der Waals surface area (Å²) in [6.07, 6.45) is 0.733. The second kappa shape index (κ2) is 6.87. The second-order valence-electron chi connectivity index (χ2n) is 5.57. The number of methoxy groups -OCH3 is 1. The molecule has 0 amide bonds. The van der Waals surface area contributed by atoms with Gasteiger partial charge in [-0.25, -0.2) is 9.18 Å². The third-order valence-electron chi connectivity index (χ3n) is 3.41. The summed E-state index contributed by atoms with van der Waals surface area (Å²) in [5.41, 5.74) is 1.75. The number of ether oxygens (including phenoxy) is 1. The van der Waals surface area contributed by atoms with E-state index in [1.165, 1.54) is 19.2 Å². The Balaban J connectivity index is 2.53. The summed E-state index contributed by atoms with van der Waals surface area (Å²) in [4.78, 5) is 12.2. The van der Waals surface area contributed by atoms with Crippen molar-refractivity contribution < 1.29 is 13.9 Å². The molecule has 1 heterocycles. The molecule has 2 N–H and O–H groups in total. The highest BCUT2D eigenvalue weighted by Crippen LogP contribution is 2.26. The van der Waals surface area contributed by atoms with Gasteiger partial charge in [-0.05, 0) is 54.4 Å². The molecule has 0 aliphatic carbocycles. The average molecular weight is 322 g/mol. The van der Waals surface area contributed by atoms with Gasteiger partial charge in [0.15, 0.2) is 5.11 Å². The average Bonchev–Trinajstić information content (AvgIpc) is 2.46. The quantitative estimate of drug-likeness (QED) is 0.659. The van der Waals surface area contributed by atoms with Crippen LogP contribution < -0.4 is 10.6 Å². The highest BCUT2D eigenvalue weighted by molar-refractivity contribution is 7.80. The molecule has 0 fully saturated rings. The van der Waals surface area contributed by atoms with Crippen LogP contribution in [0.25, 0.3) is 5.70 Å². The Hall–Kier alpha value is -1.95. The molecule has 4 nitrogen and oxygen atoms in total. The largest absolute Gasteiger partial charge is 0.466 e. The number of benzene rings is 1. The van der Waals surface area contributed by atoms with Gasteiger partial charge >= 0.3 is 5.97 Å². The van der Waals surface area contributed by atoms with Crippen LogP contribution >= 0.6 is 12.2 Å². The van der Waals surface area contributed by atoms with Crippen LogP contribution in [0.3, 0.4) is 0 Å². The van der Waals surface area contributed by atoms with E-state index in [9.17, 15) is 9.18 Å². The van der Waals surface area contributed by atoms with Crippen LogP contribution in [-0.2, 0) is 9.53 Å². The van der Waals surface area contributed by atoms with Crippen molar-refractivity contribution in [3.05, 3.63) is 41.2 Å². The fourth-order valence-electron chi connectivity index (χ4n) is 2.47. The molecule has 1 unspecified atom stereocenters. The molecule has 0 saturated heterocycles. The zero-order valence-corrected chi connectivity index (χ0v) is 13.6. The number of carbonyl (C=O) groups is 1. The van der Waals surface area contributed by atoms with Gasteiger partial charge < -0.3 is 15.4 Å². The SMILES string of the molecule is COC(=O)C1=C(c2ccc(F)cc2)NC(=S)NC1CC(C)C. The van der Waals surface area contributed by atoms with Gasteiger partial charge in [-0.15, -0.1) is 0 Å². The number of halogens is 1. The van der Waals surface area contributed by atoms with Gasteiger partial charge in [0.25, 0.3) is 0 Å². The predicted molar refractivity (Wildman–Crippen MR) is 87.4 cm³/mol. The lowest BCUT2D eigenvalue weighted by Gasteiger charge is -2.31. The van der Waals surface area contributed by atoms with Crippen molar-refractivity contribution in [1.29, 1.82) is 0 Å². The van der Waals surface area contributed by atoms with E-state index in [-0.39, 0.29) is 11.9 Å². The molecular weight excluding hydrogens is 303 g/mol. The molecule has 0 spiro atoms. The first-order chi connectivity index (χ1) is 10.4. The second-order valence-corrected chi connectivity index (χ2v) is 5.98. The van der Waals surface area contributed by atoms with Crippen LogP contribution in [0.1, 0.15) is 25.8 Å². The summed E-state index contributed by atoms with van der Waals surface area (Å²) < 4.78 is 18.1. The molecule has 6 heteroatoms. The van der Waals surface area contributed by atoms with Gasteiger partial charge in [0.1, 0.15) is 5.82 Å². The minimum absolute atomic E-state index is 0.235. The fraction of sp³-hybridized carbons (Fsp3) is 0.375. The van der Waals surface area contributed by atoms with E-state index in [1.807, 2.05) is 0 Å². The molecule has 0 radical (unpaired) electrons. The van der Waals surface area contributed by atoms with Crippen molar-refractivity contribution in [3.63, 3.8) is 0 Å². The third kappa shape index (κ3) is 3.62. The summed E-state index contributed by atoms with van der Waals surface area (Å²) in [7, 11) is 1.34. The maximum Gasteiger partial charge on any atom is 0.337 e. The molecule has 1 aromatic carbocycles. The number of hydrogen-bond donors (Lipinski definition) is 2. The number of thiocarbonyl (C=S) groups is 1. The van der Waals surface area contributed by atoms with Gasteiger partial charge in [-0.2, -0.15) is 0 Å². The first kappa shape index (κ1) is 16.4. The Kier molecular flexibility index (Phi) is 5.13. The highest BCUT2D eigenvalue weighted by Gasteiger charge is 2.31. The lowest BCUT2D eigenvalue weighted by atomic mass is 9.92. The van der Waals surface area contributed by atoms with Crippen molar-refractivity contribution in [1.82, 2.24) is 10.6 Å². The van der Waals surface area contributed by atoms with Gasteiger partial charge in [-0.3, -0.25) is 0 Å². The summed E-state index contributed by atoms with van der Waals surface area (Å²) in [5.74, 6) is -0.390. The van der Waals surface area contributed by atoms with Crippen molar-refractivity contribution in [2.75, 3.05) is 7.11 Å². The van der Waals surface area contributed by atoms with E-state index < -0.39 is 5.97 Å². The minimum atomic E-state index is -0.424. The van der Waals surface area contributed by atoms with Crippen LogP contribution in [0.2, 0.25) is 0 Å². The summed E-state index contributed by atoms with van der Waals surface area (Å²) in [6.45, 7) is 4.14. The monoisotopic (exact) mass is 322 g/mol. The number of hydrogen-bond acceptors (Lipinski definition) is 3. The third-order valence-corrected chi connectivity index (χ3v) is 3.63. The lowest BCUT2D eigenvalue weighted by Crippen LogP contribution is -2.50.